The van der Waals surface area contributed by atoms with Crippen LogP contribution in [0.2, 0.25) is 0 Å². The number of thiazole rings is 1. The minimum absolute atomic E-state index is 0.120. The molecule has 0 saturated carbocycles. The van der Waals surface area contributed by atoms with Crippen molar-refractivity contribution in [1.29, 1.82) is 0 Å². The van der Waals surface area contributed by atoms with Crippen LogP contribution in [0.1, 0.15) is 31.0 Å². The summed E-state index contributed by atoms with van der Waals surface area (Å²) in [6, 6.07) is -0.120. The van der Waals surface area contributed by atoms with Gasteiger partial charge in [-0.2, -0.15) is 0 Å². The summed E-state index contributed by atoms with van der Waals surface area (Å²) in [4.78, 5) is 18.6. The zero-order valence-corrected chi connectivity index (χ0v) is 14.2. The van der Waals surface area contributed by atoms with Crippen molar-refractivity contribution >= 4 is 17.4 Å². The maximum Gasteiger partial charge on any atom is 0.315 e. The fourth-order valence-corrected chi connectivity index (χ4v) is 2.91. The van der Waals surface area contributed by atoms with E-state index >= 15 is 0 Å². The molecule has 22 heavy (non-hydrogen) atoms. The standard InChI is InChI=1S/C15H26N4O2S/c1-12(2)3-4-16-15(20)17-9-14-18-13(11-22-14)10-19-5-7-21-8-6-19/h11-12H,3-10H2,1-2H3,(H2,16,17,20). The molecule has 0 aliphatic carbocycles. The molecule has 124 valence electrons. The number of ether oxygens (including phenoxy) is 1. The highest BCUT2D eigenvalue weighted by atomic mass is 32.1. The lowest BCUT2D eigenvalue weighted by atomic mass is 10.1. The second-order valence-electron chi connectivity index (χ2n) is 5.91. The highest BCUT2D eigenvalue weighted by molar-refractivity contribution is 7.09. The van der Waals surface area contributed by atoms with Gasteiger partial charge in [-0.3, -0.25) is 4.90 Å². The third-order valence-electron chi connectivity index (χ3n) is 3.50. The van der Waals surface area contributed by atoms with E-state index in [2.05, 4.69) is 39.7 Å². The van der Waals surface area contributed by atoms with Crippen LogP contribution in [-0.2, 0) is 17.8 Å². The number of nitrogens with zero attached hydrogens (tertiary/aromatic N) is 2. The van der Waals surface area contributed by atoms with Crippen molar-refractivity contribution in [2.24, 2.45) is 5.92 Å². The van der Waals surface area contributed by atoms with Crippen molar-refractivity contribution in [1.82, 2.24) is 20.5 Å². The molecule has 2 heterocycles. The molecule has 2 N–H and O–H groups in total. The molecule has 0 atom stereocenters. The molecule has 0 unspecified atom stereocenters. The van der Waals surface area contributed by atoms with Gasteiger partial charge in [-0.15, -0.1) is 11.3 Å². The normalized spacial score (nSPS) is 16.0. The van der Waals surface area contributed by atoms with Crippen LogP contribution in [-0.4, -0.2) is 48.8 Å². The summed E-state index contributed by atoms with van der Waals surface area (Å²) in [6.07, 6.45) is 0.994. The topological polar surface area (TPSA) is 66.5 Å². The van der Waals surface area contributed by atoms with Gasteiger partial charge >= 0.3 is 6.03 Å². The predicted octanol–water partition coefficient (Wildman–Crippen LogP) is 1.82. The Labute approximate surface area is 136 Å². The Morgan fingerprint density at radius 3 is 2.91 bits per heavy atom. The first-order valence-electron chi connectivity index (χ1n) is 7.88. The van der Waals surface area contributed by atoms with Crippen LogP contribution in [0.3, 0.4) is 0 Å². The summed E-state index contributed by atoms with van der Waals surface area (Å²) >= 11 is 1.60. The zero-order valence-electron chi connectivity index (χ0n) is 13.4. The third-order valence-corrected chi connectivity index (χ3v) is 4.39. The van der Waals surface area contributed by atoms with Gasteiger partial charge in [0.2, 0.25) is 0 Å². The van der Waals surface area contributed by atoms with Gasteiger partial charge in [0.25, 0.3) is 0 Å². The van der Waals surface area contributed by atoms with E-state index in [1.165, 1.54) is 0 Å². The van der Waals surface area contributed by atoms with Crippen LogP contribution in [0, 0.1) is 5.92 Å². The van der Waals surface area contributed by atoms with Crippen LogP contribution in [0.15, 0.2) is 5.38 Å². The largest absolute Gasteiger partial charge is 0.379 e. The Balaban J connectivity index is 1.67. The number of hydrogen-bond donors (Lipinski definition) is 2. The van der Waals surface area contributed by atoms with E-state index in [1.54, 1.807) is 11.3 Å². The van der Waals surface area contributed by atoms with E-state index in [-0.39, 0.29) is 6.03 Å². The molecule has 1 saturated heterocycles. The van der Waals surface area contributed by atoms with Crippen molar-refractivity contribution in [3.63, 3.8) is 0 Å². The average molecular weight is 326 g/mol. The number of carbonyl (C=O) groups is 1. The van der Waals surface area contributed by atoms with Gasteiger partial charge in [0.1, 0.15) is 5.01 Å². The van der Waals surface area contributed by atoms with Gasteiger partial charge in [-0.05, 0) is 12.3 Å². The smallest absolute Gasteiger partial charge is 0.315 e. The van der Waals surface area contributed by atoms with Gasteiger partial charge in [-0.1, -0.05) is 13.8 Å². The number of carbonyl (C=O) groups excluding carboxylic acids is 1. The lowest BCUT2D eigenvalue weighted by Crippen LogP contribution is -2.36. The first kappa shape index (κ1) is 17.2. The molecule has 7 heteroatoms. The van der Waals surface area contributed by atoms with E-state index in [9.17, 15) is 4.79 Å². The highest BCUT2D eigenvalue weighted by Gasteiger charge is 2.12. The molecular weight excluding hydrogens is 300 g/mol. The van der Waals surface area contributed by atoms with E-state index < -0.39 is 0 Å². The molecule has 2 amide bonds. The summed E-state index contributed by atoms with van der Waals surface area (Å²) in [5.74, 6) is 0.599. The number of morpholine rings is 1. The molecule has 1 fully saturated rings. The van der Waals surface area contributed by atoms with Crippen molar-refractivity contribution in [3.8, 4) is 0 Å². The van der Waals surface area contributed by atoms with Gasteiger partial charge in [0, 0.05) is 31.6 Å². The fourth-order valence-electron chi connectivity index (χ4n) is 2.18. The number of amides is 2. The van der Waals surface area contributed by atoms with Crippen molar-refractivity contribution < 1.29 is 9.53 Å². The first-order valence-corrected chi connectivity index (χ1v) is 8.76. The molecule has 0 bridgehead atoms. The van der Waals surface area contributed by atoms with Crippen molar-refractivity contribution in [2.75, 3.05) is 32.8 Å². The molecule has 0 spiro atoms. The van der Waals surface area contributed by atoms with E-state index in [0.717, 1.165) is 50.0 Å². The van der Waals surface area contributed by atoms with Crippen LogP contribution in [0.5, 0.6) is 0 Å². The minimum Gasteiger partial charge on any atom is -0.379 e. The Kier molecular flexibility index (Phi) is 7.08. The lowest BCUT2D eigenvalue weighted by molar-refractivity contribution is 0.0337. The summed E-state index contributed by atoms with van der Waals surface area (Å²) < 4.78 is 5.34. The van der Waals surface area contributed by atoms with E-state index in [1.807, 2.05) is 0 Å². The second kappa shape index (κ2) is 9.07. The Bertz CT molecular complexity index is 458. The number of rotatable bonds is 7. The molecule has 1 aromatic heterocycles. The van der Waals surface area contributed by atoms with Gasteiger partial charge in [0.15, 0.2) is 0 Å². The molecule has 1 aliphatic rings. The number of hydrogen-bond acceptors (Lipinski definition) is 5. The number of urea groups is 1. The highest BCUT2D eigenvalue weighted by Crippen LogP contribution is 2.12. The minimum atomic E-state index is -0.120. The zero-order chi connectivity index (χ0) is 15.8. The lowest BCUT2D eigenvalue weighted by Gasteiger charge is -2.25. The molecule has 2 rings (SSSR count). The number of aromatic nitrogens is 1. The molecular formula is C15H26N4O2S. The van der Waals surface area contributed by atoms with Crippen LogP contribution in [0.25, 0.3) is 0 Å². The summed E-state index contributed by atoms with van der Waals surface area (Å²) in [5, 5.41) is 8.73. The van der Waals surface area contributed by atoms with Crippen LogP contribution < -0.4 is 10.6 Å². The first-order chi connectivity index (χ1) is 10.6. The summed E-state index contributed by atoms with van der Waals surface area (Å²) in [5.41, 5.74) is 1.07. The summed E-state index contributed by atoms with van der Waals surface area (Å²) in [7, 11) is 0. The maximum absolute atomic E-state index is 11.7. The summed E-state index contributed by atoms with van der Waals surface area (Å²) in [6.45, 7) is 9.87. The van der Waals surface area contributed by atoms with Crippen LogP contribution >= 0.6 is 11.3 Å². The SMILES string of the molecule is CC(C)CCNC(=O)NCc1nc(CN2CCOCC2)cs1. The van der Waals surface area contributed by atoms with Gasteiger partial charge in [-0.25, -0.2) is 9.78 Å². The predicted molar refractivity (Wildman–Crippen MR) is 87.9 cm³/mol. The third kappa shape index (κ3) is 6.29. The maximum atomic E-state index is 11.7. The molecule has 0 aromatic carbocycles. The number of nitrogens with one attached hydrogen (secondary N) is 2. The van der Waals surface area contributed by atoms with Crippen molar-refractivity contribution in [3.05, 3.63) is 16.1 Å². The fraction of sp³-hybridized carbons (Fsp3) is 0.733. The Morgan fingerprint density at radius 2 is 2.18 bits per heavy atom. The molecule has 1 aliphatic heterocycles. The average Bonchev–Trinajstić information content (AvgIpc) is 2.93. The van der Waals surface area contributed by atoms with Gasteiger partial charge in [0.05, 0.1) is 25.5 Å². The van der Waals surface area contributed by atoms with Crippen molar-refractivity contribution in [2.45, 2.75) is 33.4 Å². The Morgan fingerprint density at radius 1 is 1.41 bits per heavy atom. The molecule has 0 radical (unpaired) electrons. The van der Waals surface area contributed by atoms with E-state index in [0.29, 0.717) is 19.0 Å². The second-order valence-corrected chi connectivity index (χ2v) is 6.86. The van der Waals surface area contributed by atoms with Gasteiger partial charge < -0.3 is 15.4 Å². The van der Waals surface area contributed by atoms with Crippen LogP contribution in [0.4, 0.5) is 4.79 Å². The Hall–Kier alpha value is -1.18. The quantitative estimate of drug-likeness (QED) is 0.802. The van der Waals surface area contributed by atoms with E-state index in [4.69, 9.17) is 4.74 Å². The molecule has 1 aromatic rings. The molecule has 6 nitrogen and oxygen atoms in total. The monoisotopic (exact) mass is 326 g/mol.